The highest BCUT2D eigenvalue weighted by Crippen LogP contribution is 2.24. The molecule has 2 N–H and O–H groups in total. The number of hydrogen-bond acceptors (Lipinski definition) is 5. The number of aliphatic imine (C=N–C) groups is 1. The van der Waals surface area contributed by atoms with Crippen molar-refractivity contribution in [3.05, 3.63) is 23.8 Å². The summed E-state index contributed by atoms with van der Waals surface area (Å²) >= 11 is 0. The van der Waals surface area contributed by atoms with Crippen molar-refractivity contribution in [1.29, 1.82) is 0 Å². The minimum absolute atomic E-state index is 0.641. The van der Waals surface area contributed by atoms with E-state index in [1.165, 1.54) is 13.1 Å². The van der Waals surface area contributed by atoms with Crippen LogP contribution in [0.2, 0.25) is 0 Å². The second kappa shape index (κ2) is 10.9. The van der Waals surface area contributed by atoms with E-state index in [1.54, 1.807) is 21.3 Å². The largest absolute Gasteiger partial charge is 0.497 e. The Balaban J connectivity index is 1.74. The van der Waals surface area contributed by atoms with Gasteiger partial charge < -0.3 is 25.0 Å². The van der Waals surface area contributed by atoms with Gasteiger partial charge in [-0.15, -0.1) is 0 Å². The normalized spacial score (nSPS) is 16.4. The van der Waals surface area contributed by atoms with Gasteiger partial charge in [0.2, 0.25) is 0 Å². The van der Waals surface area contributed by atoms with Crippen LogP contribution in [-0.2, 0) is 6.54 Å². The number of piperazine rings is 1. The standard InChI is InChI=1S/C19H33N5O2/c1-5-23-10-12-24(13-11-23)9-8-21-19(20-2)22-15-16-6-7-17(25-3)14-18(16)26-4/h6-7,14H,5,8-13,15H2,1-4H3,(H2,20,21,22). The van der Waals surface area contributed by atoms with Crippen LogP contribution in [0.1, 0.15) is 12.5 Å². The van der Waals surface area contributed by atoms with Crippen molar-refractivity contribution in [2.24, 2.45) is 4.99 Å². The first kappa shape index (κ1) is 20.3. The Morgan fingerprint density at radius 2 is 1.81 bits per heavy atom. The molecular weight excluding hydrogens is 330 g/mol. The number of hydrogen-bond donors (Lipinski definition) is 2. The number of rotatable bonds is 8. The molecule has 1 aromatic carbocycles. The molecule has 0 aliphatic carbocycles. The van der Waals surface area contributed by atoms with Gasteiger partial charge in [-0.05, 0) is 18.7 Å². The van der Waals surface area contributed by atoms with Gasteiger partial charge in [0, 0.05) is 64.5 Å². The van der Waals surface area contributed by atoms with Crippen LogP contribution in [-0.4, -0.2) is 82.8 Å². The lowest BCUT2D eigenvalue weighted by Crippen LogP contribution is -2.49. The van der Waals surface area contributed by atoms with E-state index in [1.807, 2.05) is 18.2 Å². The quantitative estimate of drug-likeness (QED) is 0.531. The first-order valence-corrected chi connectivity index (χ1v) is 9.30. The maximum atomic E-state index is 5.44. The maximum absolute atomic E-state index is 5.44. The molecule has 146 valence electrons. The highest BCUT2D eigenvalue weighted by molar-refractivity contribution is 5.79. The van der Waals surface area contributed by atoms with Crippen LogP contribution in [0.3, 0.4) is 0 Å². The van der Waals surface area contributed by atoms with Gasteiger partial charge in [0.15, 0.2) is 5.96 Å². The first-order chi connectivity index (χ1) is 12.7. The summed E-state index contributed by atoms with van der Waals surface area (Å²) in [5.74, 6) is 2.40. The Labute approximate surface area is 157 Å². The van der Waals surface area contributed by atoms with Crippen molar-refractivity contribution in [1.82, 2.24) is 20.4 Å². The Kier molecular flexibility index (Phi) is 8.50. The molecule has 0 radical (unpaired) electrons. The molecule has 0 amide bonds. The summed E-state index contributed by atoms with van der Waals surface area (Å²) in [6.07, 6.45) is 0. The van der Waals surface area contributed by atoms with E-state index in [0.29, 0.717) is 6.54 Å². The smallest absolute Gasteiger partial charge is 0.191 e. The fraction of sp³-hybridized carbons (Fsp3) is 0.632. The van der Waals surface area contributed by atoms with Gasteiger partial charge in [0.25, 0.3) is 0 Å². The highest BCUT2D eigenvalue weighted by Gasteiger charge is 2.14. The molecule has 0 spiro atoms. The van der Waals surface area contributed by atoms with Gasteiger partial charge in [-0.1, -0.05) is 6.92 Å². The first-order valence-electron chi connectivity index (χ1n) is 9.30. The molecule has 1 aliphatic heterocycles. The molecule has 0 atom stereocenters. The van der Waals surface area contributed by atoms with Crippen LogP contribution in [0.25, 0.3) is 0 Å². The van der Waals surface area contributed by atoms with E-state index in [-0.39, 0.29) is 0 Å². The molecule has 1 fully saturated rings. The predicted octanol–water partition coefficient (Wildman–Crippen LogP) is 1.01. The van der Waals surface area contributed by atoms with Crippen molar-refractivity contribution in [3.63, 3.8) is 0 Å². The summed E-state index contributed by atoms with van der Waals surface area (Å²) < 4.78 is 10.7. The summed E-state index contributed by atoms with van der Waals surface area (Å²) in [7, 11) is 5.12. The van der Waals surface area contributed by atoms with Gasteiger partial charge in [0.05, 0.1) is 14.2 Å². The zero-order valence-corrected chi connectivity index (χ0v) is 16.5. The third-order valence-electron chi connectivity index (χ3n) is 4.80. The van der Waals surface area contributed by atoms with Crippen LogP contribution < -0.4 is 20.1 Å². The molecule has 1 saturated heterocycles. The van der Waals surface area contributed by atoms with Crippen LogP contribution in [0.4, 0.5) is 0 Å². The molecule has 1 aliphatic rings. The Hall–Kier alpha value is -1.99. The molecule has 7 heteroatoms. The predicted molar refractivity (Wildman–Crippen MR) is 106 cm³/mol. The zero-order valence-electron chi connectivity index (χ0n) is 16.5. The number of guanidine groups is 1. The monoisotopic (exact) mass is 363 g/mol. The van der Waals surface area contributed by atoms with Gasteiger partial charge >= 0.3 is 0 Å². The van der Waals surface area contributed by atoms with Crippen molar-refractivity contribution in [2.45, 2.75) is 13.5 Å². The van der Waals surface area contributed by atoms with Gasteiger partial charge in [0.1, 0.15) is 11.5 Å². The topological polar surface area (TPSA) is 61.4 Å². The third kappa shape index (κ3) is 6.07. The molecule has 1 aromatic rings. The molecule has 0 aromatic heterocycles. The van der Waals surface area contributed by atoms with E-state index in [2.05, 4.69) is 32.3 Å². The summed E-state index contributed by atoms with van der Waals surface area (Å²) in [4.78, 5) is 9.29. The van der Waals surface area contributed by atoms with Crippen molar-refractivity contribution < 1.29 is 9.47 Å². The summed E-state index contributed by atoms with van der Waals surface area (Å²) in [6.45, 7) is 10.6. The number of nitrogens with one attached hydrogen (secondary N) is 2. The van der Waals surface area contributed by atoms with Crippen LogP contribution >= 0.6 is 0 Å². The summed E-state index contributed by atoms with van der Waals surface area (Å²) in [5, 5.41) is 6.73. The lowest BCUT2D eigenvalue weighted by Gasteiger charge is -2.34. The molecule has 7 nitrogen and oxygen atoms in total. The fourth-order valence-electron chi connectivity index (χ4n) is 3.06. The van der Waals surface area contributed by atoms with E-state index in [9.17, 15) is 0 Å². The Morgan fingerprint density at radius 1 is 1.08 bits per heavy atom. The third-order valence-corrected chi connectivity index (χ3v) is 4.80. The maximum Gasteiger partial charge on any atom is 0.191 e. The minimum atomic E-state index is 0.641. The lowest BCUT2D eigenvalue weighted by atomic mass is 10.2. The van der Waals surface area contributed by atoms with Crippen LogP contribution in [0.15, 0.2) is 23.2 Å². The number of benzene rings is 1. The van der Waals surface area contributed by atoms with E-state index in [4.69, 9.17) is 9.47 Å². The second-order valence-corrected chi connectivity index (χ2v) is 6.31. The molecule has 0 bridgehead atoms. The van der Waals surface area contributed by atoms with E-state index in [0.717, 1.165) is 55.7 Å². The molecule has 26 heavy (non-hydrogen) atoms. The van der Waals surface area contributed by atoms with Crippen molar-refractivity contribution in [2.75, 3.05) is 67.1 Å². The second-order valence-electron chi connectivity index (χ2n) is 6.31. The van der Waals surface area contributed by atoms with Gasteiger partial charge in [-0.25, -0.2) is 0 Å². The Bertz CT molecular complexity index is 571. The number of methoxy groups -OCH3 is 2. The SMILES string of the molecule is CCN1CCN(CCNC(=NC)NCc2ccc(OC)cc2OC)CC1. The van der Waals surface area contributed by atoms with Crippen LogP contribution in [0.5, 0.6) is 11.5 Å². The van der Waals surface area contributed by atoms with Crippen molar-refractivity contribution in [3.8, 4) is 11.5 Å². The molecule has 1 heterocycles. The Morgan fingerprint density at radius 3 is 2.42 bits per heavy atom. The lowest BCUT2D eigenvalue weighted by molar-refractivity contribution is 0.139. The average molecular weight is 364 g/mol. The van der Waals surface area contributed by atoms with Gasteiger partial charge in [-0.3, -0.25) is 9.89 Å². The average Bonchev–Trinajstić information content (AvgIpc) is 2.70. The number of likely N-dealkylation sites (N-methyl/N-ethyl adjacent to an activating group) is 1. The molecule has 0 unspecified atom stereocenters. The number of ether oxygens (including phenoxy) is 2. The van der Waals surface area contributed by atoms with Gasteiger partial charge in [-0.2, -0.15) is 0 Å². The van der Waals surface area contributed by atoms with E-state index < -0.39 is 0 Å². The zero-order chi connectivity index (χ0) is 18.8. The molecule has 0 saturated carbocycles. The van der Waals surface area contributed by atoms with Crippen LogP contribution in [0, 0.1) is 0 Å². The highest BCUT2D eigenvalue weighted by atomic mass is 16.5. The van der Waals surface area contributed by atoms with Crippen molar-refractivity contribution >= 4 is 5.96 Å². The molecular formula is C19H33N5O2. The fourth-order valence-corrected chi connectivity index (χ4v) is 3.06. The van der Waals surface area contributed by atoms with E-state index >= 15 is 0 Å². The number of nitrogens with zero attached hydrogens (tertiary/aromatic N) is 3. The minimum Gasteiger partial charge on any atom is -0.497 e. The summed E-state index contributed by atoms with van der Waals surface area (Å²) in [5.41, 5.74) is 1.06. The molecule has 2 rings (SSSR count). The summed E-state index contributed by atoms with van der Waals surface area (Å²) in [6, 6.07) is 5.83.